The predicted octanol–water partition coefficient (Wildman–Crippen LogP) is -0.770. The Bertz CT molecular complexity index is 122. The standard InChI is InChI=1S/C9H20N4/c1-2-10-4-6-12-8-9-13-7-5-11-3-1/h4,11-13H,1-3,5-9H2. The Morgan fingerprint density at radius 1 is 0.846 bits per heavy atom. The topological polar surface area (TPSA) is 48.5 Å². The van der Waals surface area contributed by atoms with E-state index in [-0.39, 0.29) is 0 Å². The molecule has 0 bridgehead atoms. The van der Waals surface area contributed by atoms with Gasteiger partial charge in [0, 0.05) is 45.5 Å². The average Bonchev–Trinajstić information content (AvgIpc) is 2.18. The highest BCUT2D eigenvalue weighted by atomic mass is 15.0. The predicted molar refractivity (Wildman–Crippen MR) is 56.6 cm³/mol. The summed E-state index contributed by atoms with van der Waals surface area (Å²) in [5.74, 6) is 0. The van der Waals surface area contributed by atoms with Crippen molar-refractivity contribution in [1.29, 1.82) is 0 Å². The van der Waals surface area contributed by atoms with Gasteiger partial charge in [0.2, 0.25) is 0 Å². The molecule has 4 heteroatoms. The van der Waals surface area contributed by atoms with Crippen LogP contribution in [0.3, 0.4) is 0 Å². The first-order valence-corrected chi connectivity index (χ1v) is 5.10. The van der Waals surface area contributed by atoms with Crippen molar-refractivity contribution in [3.05, 3.63) is 0 Å². The molecule has 0 aromatic rings. The zero-order valence-electron chi connectivity index (χ0n) is 8.18. The van der Waals surface area contributed by atoms with Crippen molar-refractivity contribution in [3.63, 3.8) is 0 Å². The van der Waals surface area contributed by atoms with Gasteiger partial charge in [0.25, 0.3) is 0 Å². The summed E-state index contributed by atoms with van der Waals surface area (Å²) in [6.45, 7) is 7.09. The molecule has 0 saturated carbocycles. The van der Waals surface area contributed by atoms with E-state index in [0.717, 1.165) is 52.2 Å². The third kappa shape index (κ3) is 6.69. The third-order valence-corrected chi connectivity index (χ3v) is 1.96. The van der Waals surface area contributed by atoms with Gasteiger partial charge in [-0.15, -0.1) is 0 Å². The van der Waals surface area contributed by atoms with Crippen molar-refractivity contribution < 1.29 is 0 Å². The van der Waals surface area contributed by atoms with Crippen molar-refractivity contribution in [2.24, 2.45) is 4.99 Å². The fourth-order valence-corrected chi connectivity index (χ4v) is 1.22. The minimum atomic E-state index is 0.898. The van der Waals surface area contributed by atoms with E-state index in [1.165, 1.54) is 0 Å². The summed E-state index contributed by atoms with van der Waals surface area (Å²) in [7, 11) is 0. The lowest BCUT2D eigenvalue weighted by molar-refractivity contribution is 0.590. The minimum absolute atomic E-state index is 0.898. The second-order valence-electron chi connectivity index (χ2n) is 3.15. The molecule has 1 rings (SSSR count). The molecule has 0 spiro atoms. The SMILES string of the molecule is C1=NCCCNCCNCCNC1. The second-order valence-corrected chi connectivity index (χ2v) is 3.15. The molecule has 0 aromatic heterocycles. The molecule has 3 N–H and O–H groups in total. The van der Waals surface area contributed by atoms with Crippen LogP contribution in [0.25, 0.3) is 0 Å². The second kappa shape index (κ2) is 8.16. The van der Waals surface area contributed by atoms with Gasteiger partial charge in [0.05, 0.1) is 0 Å². The van der Waals surface area contributed by atoms with Gasteiger partial charge in [-0.3, -0.25) is 4.99 Å². The Hall–Kier alpha value is -0.450. The molecule has 76 valence electrons. The van der Waals surface area contributed by atoms with Crippen molar-refractivity contribution in [2.75, 3.05) is 45.8 Å². The molecule has 0 aliphatic carbocycles. The van der Waals surface area contributed by atoms with E-state index in [0.29, 0.717) is 0 Å². The van der Waals surface area contributed by atoms with Crippen LogP contribution < -0.4 is 16.0 Å². The van der Waals surface area contributed by atoms with Crippen LogP contribution in [-0.4, -0.2) is 52.0 Å². The van der Waals surface area contributed by atoms with Crippen molar-refractivity contribution >= 4 is 6.21 Å². The summed E-state index contributed by atoms with van der Waals surface area (Å²) in [5.41, 5.74) is 0. The summed E-state index contributed by atoms with van der Waals surface area (Å²) in [4.78, 5) is 4.29. The molecule has 0 aromatic carbocycles. The summed E-state index contributed by atoms with van der Waals surface area (Å²) >= 11 is 0. The Labute approximate surface area is 80.2 Å². The van der Waals surface area contributed by atoms with E-state index in [4.69, 9.17) is 0 Å². The highest BCUT2D eigenvalue weighted by molar-refractivity contribution is 5.59. The molecular formula is C9H20N4. The van der Waals surface area contributed by atoms with Crippen LogP contribution in [0.2, 0.25) is 0 Å². The lowest BCUT2D eigenvalue weighted by Crippen LogP contribution is -2.33. The summed E-state index contributed by atoms with van der Waals surface area (Å²) in [6, 6.07) is 0. The third-order valence-electron chi connectivity index (χ3n) is 1.96. The smallest absolute Gasteiger partial charge is 0.0398 e. The average molecular weight is 184 g/mol. The van der Waals surface area contributed by atoms with E-state index < -0.39 is 0 Å². The van der Waals surface area contributed by atoms with Gasteiger partial charge in [0.15, 0.2) is 0 Å². The number of nitrogens with zero attached hydrogens (tertiary/aromatic N) is 1. The Morgan fingerprint density at radius 2 is 1.54 bits per heavy atom. The van der Waals surface area contributed by atoms with Crippen LogP contribution in [-0.2, 0) is 0 Å². The van der Waals surface area contributed by atoms with E-state index in [2.05, 4.69) is 20.9 Å². The van der Waals surface area contributed by atoms with E-state index in [9.17, 15) is 0 Å². The van der Waals surface area contributed by atoms with Gasteiger partial charge in [-0.25, -0.2) is 0 Å². The number of hydrogen-bond acceptors (Lipinski definition) is 4. The van der Waals surface area contributed by atoms with Gasteiger partial charge >= 0.3 is 0 Å². The van der Waals surface area contributed by atoms with E-state index in [1.54, 1.807) is 0 Å². The fraction of sp³-hybridized carbons (Fsp3) is 0.889. The van der Waals surface area contributed by atoms with Gasteiger partial charge in [0.1, 0.15) is 0 Å². The molecule has 0 atom stereocenters. The van der Waals surface area contributed by atoms with E-state index >= 15 is 0 Å². The maximum Gasteiger partial charge on any atom is 0.0398 e. The van der Waals surface area contributed by atoms with Crippen LogP contribution in [0, 0.1) is 0 Å². The zero-order valence-corrected chi connectivity index (χ0v) is 8.18. The molecule has 13 heavy (non-hydrogen) atoms. The Kier molecular flexibility index (Phi) is 6.67. The molecule has 0 saturated heterocycles. The maximum absolute atomic E-state index is 4.29. The molecule has 4 nitrogen and oxygen atoms in total. The summed E-state index contributed by atoms with van der Waals surface area (Å²) < 4.78 is 0. The quantitative estimate of drug-likeness (QED) is 0.463. The van der Waals surface area contributed by atoms with Gasteiger partial charge in [-0.05, 0) is 13.0 Å². The minimum Gasteiger partial charge on any atom is -0.315 e. The van der Waals surface area contributed by atoms with Crippen molar-refractivity contribution in [1.82, 2.24) is 16.0 Å². The molecule has 1 aliphatic heterocycles. The van der Waals surface area contributed by atoms with Gasteiger partial charge in [-0.2, -0.15) is 0 Å². The Balaban J connectivity index is 2.09. The van der Waals surface area contributed by atoms with Crippen molar-refractivity contribution in [2.45, 2.75) is 6.42 Å². The highest BCUT2D eigenvalue weighted by Crippen LogP contribution is 1.77. The Morgan fingerprint density at radius 3 is 2.38 bits per heavy atom. The normalized spacial score (nSPS) is 22.8. The molecule has 0 fully saturated rings. The number of aliphatic imine (C=N–C) groups is 1. The van der Waals surface area contributed by atoms with Crippen molar-refractivity contribution in [3.8, 4) is 0 Å². The van der Waals surface area contributed by atoms with Gasteiger partial charge in [-0.1, -0.05) is 0 Å². The highest BCUT2D eigenvalue weighted by Gasteiger charge is 1.90. The molecule has 1 heterocycles. The number of nitrogens with one attached hydrogen (secondary N) is 3. The molecular weight excluding hydrogens is 164 g/mol. The number of rotatable bonds is 0. The first-order valence-electron chi connectivity index (χ1n) is 5.10. The van der Waals surface area contributed by atoms with E-state index in [1.807, 2.05) is 6.21 Å². The molecule has 0 amide bonds. The summed E-state index contributed by atoms with van der Waals surface area (Å²) in [5, 5.41) is 10.0. The van der Waals surface area contributed by atoms with Crippen LogP contribution in [0.5, 0.6) is 0 Å². The molecule has 0 radical (unpaired) electrons. The zero-order chi connectivity index (χ0) is 9.19. The number of hydrogen-bond donors (Lipinski definition) is 3. The fourth-order valence-electron chi connectivity index (χ4n) is 1.22. The lowest BCUT2D eigenvalue weighted by Gasteiger charge is -2.05. The van der Waals surface area contributed by atoms with Crippen LogP contribution >= 0.6 is 0 Å². The lowest BCUT2D eigenvalue weighted by atomic mass is 10.4. The molecule has 0 unspecified atom stereocenters. The van der Waals surface area contributed by atoms with Crippen LogP contribution in [0.4, 0.5) is 0 Å². The first kappa shape index (κ1) is 10.6. The van der Waals surface area contributed by atoms with Gasteiger partial charge < -0.3 is 16.0 Å². The monoisotopic (exact) mass is 184 g/mol. The molecule has 1 aliphatic rings. The van der Waals surface area contributed by atoms with Crippen LogP contribution in [0.15, 0.2) is 4.99 Å². The first-order chi connectivity index (χ1) is 6.50. The maximum atomic E-state index is 4.29. The van der Waals surface area contributed by atoms with Crippen LogP contribution in [0.1, 0.15) is 6.42 Å². The largest absolute Gasteiger partial charge is 0.315 e. The summed E-state index contributed by atoms with van der Waals surface area (Å²) in [6.07, 6.45) is 3.11.